The number of rotatable bonds is 11. The van der Waals surface area contributed by atoms with E-state index in [0.29, 0.717) is 6.61 Å². The Kier molecular flexibility index (Phi) is 8.20. The fourth-order valence-electron chi connectivity index (χ4n) is 3.55. The number of nitrogens with zero attached hydrogens (tertiary/aromatic N) is 3. The molecule has 0 aliphatic heterocycles. The lowest BCUT2D eigenvalue weighted by Crippen LogP contribution is -2.27. The number of aromatic nitrogens is 2. The van der Waals surface area contributed by atoms with Crippen LogP contribution in [0.4, 0.5) is 4.79 Å². The van der Waals surface area contributed by atoms with Gasteiger partial charge in [-0.15, -0.1) is 0 Å². The number of likely N-dealkylation sites (N-methyl/N-ethyl adjacent to an activating group) is 1. The van der Waals surface area contributed by atoms with Crippen LogP contribution in [0.15, 0.2) is 47.4 Å². The van der Waals surface area contributed by atoms with E-state index in [2.05, 4.69) is 46.2 Å². The van der Waals surface area contributed by atoms with Crippen LogP contribution in [0.25, 0.3) is 11.0 Å². The van der Waals surface area contributed by atoms with E-state index in [-0.39, 0.29) is 0 Å². The predicted molar refractivity (Wildman–Crippen MR) is 127 cm³/mol. The molecule has 7 nitrogen and oxygen atoms in total. The average molecular weight is 442 g/mol. The Balaban J connectivity index is 1.90. The highest BCUT2D eigenvalue weighted by molar-refractivity contribution is 7.98. The van der Waals surface area contributed by atoms with E-state index in [9.17, 15) is 4.79 Å². The SMILES string of the molecule is CCOc1ccc(Cc2nc3cc(SNC(N)=O)ccc3n2CCN(CC)CC)cc1. The van der Waals surface area contributed by atoms with Crippen molar-refractivity contribution in [3.05, 3.63) is 53.9 Å². The molecule has 0 unspecified atom stereocenters. The minimum absolute atomic E-state index is 0.564. The van der Waals surface area contributed by atoms with Crippen LogP contribution < -0.4 is 15.2 Å². The summed E-state index contributed by atoms with van der Waals surface area (Å²) in [5.74, 6) is 1.90. The highest BCUT2D eigenvalue weighted by Crippen LogP contribution is 2.24. The number of nitrogens with two attached hydrogens (primary N) is 1. The van der Waals surface area contributed by atoms with Gasteiger partial charge < -0.3 is 19.9 Å². The van der Waals surface area contributed by atoms with Crippen molar-refractivity contribution in [3.63, 3.8) is 0 Å². The number of nitrogens with one attached hydrogen (secondary N) is 1. The summed E-state index contributed by atoms with van der Waals surface area (Å²) in [6.07, 6.45) is 0.737. The second kappa shape index (κ2) is 11.1. The second-order valence-corrected chi connectivity index (χ2v) is 8.06. The molecule has 0 aliphatic rings. The first-order chi connectivity index (χ1) is 15.0. The van der Waals surface area contributed by atoms with Crippen molar-refractivity contribution in [2.45, 2.75) is 38.6 Å². The van der Waals surface area contributed by atoms with Crippen LogP contribution in [0, 0.1) is 0 Å². The molecule has 8 heteroatoms. The van der Waals surface area contributed by atoms with Gasteiger partial charge >= 0.3 is 6.03 Å². The first kappa shape index (κ1) is 23.0. The number of hydrogen-bond donors (Lipinski definition) is 2. The van der Waals surface area contributed by atoms with E-state index in [1.165, 1.54) is 17.5 Å². The molecule has 0 spiro atoms. The number of primary amides is 1. The van der Waals surface area contributed by atoms with Gasteiger partial charge in [0.25, 0.3) is 0 Å². The summed E-state index contributed by atoms with van der Waals surface area (Å²) in [7, 11) is 0. The van der Waals surface area contributed by atoms with E-state index in [1.807, 2.05) is 31.2 Å². The third kappa shape index (κ3) is 6.15. The molecule has 0 bridgehead atoms. The molecule has 1 heterocycles. The fraction of sp³-hybridized carbons (Fsp3) is 0.391. The van der Waals surface area contributed by atoms with Crippen LogP contribution in [0.3, 0.4) is 0 Å². The molecule has 0 atom stereocenters. The summed E-state index contributed by atoms with van der Waals surface area (Å²) in [4.78, 5) is 19.3. The van der Waals surface area contributed by atoms with Gasteiger partial charge in [0.1, 0.15) is 11.6 Å². The number of carbonyl (C=O) groups excluding carboxylic acids is 1. The zero-order valence-electron chi connectivity index (χ0n) is 18.4. The van der Waals surface area contributed by atoms with Crippen molar-refractivity contribution < 1.29 is 9.53 Å². The standard InChI is InChI=1S/C23H31N5O2S/c1-4-27(5-2)13-14-28-21-12-11-19(31-26-23(24)29)16-20(21)25-22(28)15-17-7-9-18(10-8-17)30-6-3/h7-12,16H,4-6,13-15H2,1-3H3,(H3,24,26,29). The number of hydrogen-bond acceptors (Lipinski definition) is 5. The van der Waals surface area contributed by atoms with Gasteiger partial charge in [-0.1, -0.05) is 26.0 Å². The average Bonchev–Trinajstić information content (AvgIpc) is 3.10. The maximum atomic E-state index is 11.0. The van der Waals surface area contributed by atoms with E-state index in [4.69, 9.17) is 15.5 Å². The molecule has 2 amide bonds. The summed E-state index contributed by atoms with van der Waals surface area (Å²) in [5.41, 5.74) is 8.38. The maximum Gasteiger partial charge on any atom is 0.322 e. The van der Waals surface area contributed by atoms with Gasteiger partial charge in [-0.2, -0.15) is 0 Å². The zero-order valence-corrected chi connectivity index (χ0v) is 19.2. The van der Waals surface area contributed by atoms with Crippen molar-refractivity contribution in [2.75, 3.05) is 26.2 Å². The van der Waals surface area contributed by atoms with Crippen molar-refractivity contribution in [1.82, 2.24) is 19.2 Å². The Morgan fingerprint density at radius 2 is 1.90 bits per heavy atom. The molecule has 31 heavy (non-hydrogen) atoms. The molecular formula is C23H31N5O2S. The summed E-state index contributed by atoms with van der Waals surface area (Å²) in [6.45, 7) is 10.9. The molecule has 3 N–H and O–H groups in total. The third-order valence-corrected chi connectivity index (χ3v) is 5.99. The van der Waals surface area contributed by atoms with E-state index in [1.54, 1.807) is 0 Å². The normalized spacial score (nSPS) is 11.2. The topological polar surface area (TPSA) is 85.4 Å². The van der Waals surface area contributed by atoms with Crippen LogP contribution in [0.1, 0.15) is 32.2 Å². The van der Waals surface area contributed by atoms with Gasteiger partial charge in [0, 0.05) is 24.4 Å². The van der Waals surface area contributed by atoms with Crippen LogP contribution in [-0.4, -0.2) is 46.7 Å². The molecule has 2 aromatic carbocycles. The van der Waals surface area contributed by atoms with Gasteiger partial charge in [0.15, 0.2) is 0 Å². The minimum Gasteiger partial charge on any atom is -0.494 e. The minimum atomic E-state index is -0.564. The predicted octanol–water partition coefficient (Wildman–Crippen LogP) is 4.04. The number of amides is 2. The molecule has 166 valence electrons. The highest BCUT2D eigenvalue weighted by atomic mass is 32.2. The first-order valence-corrected chi connectivity index (χ1v) is 11.5. The maximum absolute atomic E-state index is 11.0. The van der Waals surface area contributed by atoms with Gasteiger partial charge in [-0.3, -0.25) is 4.72 Å². The summed E-state index contributed by atoms with van der Waals surface area (Å²) >= 11 is 1.20. The smallest absolute Gasteiger partial charge is 0.322 e. The van der Waals surface area contributed by atoms with E-state index < -0.39 is 6.03 Å². The summed E-state index contributed by atoms with van der Waals surface area (Å²) < 4.78 is 10.4. The third-order valence-electron chi connectivity index (χ3n) is 5.20. The summed E-state index contributed by atoms with van der Waals surface area (Å²) in [6, 6.07) is 13.7. The quantitative estimate of drug-likeness (QED) is 0.439. The highest BCUT2D eigenvalue weighted by Gasteiger charge is 2.13. The van der Waals surface area contributed by atoms with Crippen molar-refractivity contribution >= 4 is 29.0 Å². The van der Waals surface area contributed by atoms with Crippen molar-refractivity contribution in [2.24, 2.45) is 5.73 Å². The number of carbonyl (C=O) groups is 1. The molecule has 0 saturated carbocycles. The molecule has 0 aliphatic carbocycles. The molecule has 3 rings (SSSR count). The van der Waals surface area contributed by atoms with Gasteiger partial charge in [-0.25, -0.2) is 9.78 Å². The number of imidazole rings is 1. The van der Waals surface area contributed by atoms with Gasteiger partial charge in [0.05, 0.1) is 17.6 Å². The Morgan fingerprint density at radius 1 is 1.16 bits per heavy atom. The Hall–Kier alpha value is -2.71. The van der Waals surface area contributed by atoms with Crippen molar-refractivity contribution in [1.29, 1.82) is 0 Å². The van der Waals surface area contributed by atoms with Crippen LogP contribution in [-0.2, 0) is 13.0 Å². The molecule has 0 saturated heterocycles. The Labute approximate surface area is 188 Å². The number of benzene rings is 2. The fourth-order valence-corrected chi connectivity index (χ4v) is 4.08. The second-order valence-electron chi connectivity index (χ2n) is 7.18. The molecule has 1 aromatic heterocycles. The Bertz CT molecular complexity index is 999. The van der Waals surface area contributed by atoms with Crippen LogP contribution in [0.2, 0.25) is 0 Å². The van der Waals surface area contributed by atoms with Gasteiger partial charge in [0.2, 0.25) is 0 Å². The number of fused-ring (bicyclic) bond motifs is 1. The molecule has 3 aromatic rings. The van der Waals surface area contributed by atoms with Crippen LogP contribution >= 0.6 is 11.9 Å². The monoisotopic (exact) mass is 441 g/mol. The van der Waals surface area contributed by atoms with E-state index in [0.717, 1.165) is 60.1 Å². The zero-order chi connectivity index (χ0) is 22.2. The van der Waals surface area contributed by atoms with Gasteiger partial charge in [-0.05, 0) is 67.9 Å². The number of urea groups is 1. The van der Waals surface area contributed by atoms with Crippen molar-refractivity contribution in [3.8, 4) is 5.75 Å². The lowest BCUT2D eigenvalue weighted by Gasteiger charge is -2.19. The molecule has 0 fully saturated rings. The summed E-state index contributed by atoms with van der Waals surface area (Å²) in [5, 5.41) is 0. The lowest BCUT2D eigenvalue weighted by molar-refractivity contribution is 0.254. The van der Waals surface area contributed by atoms with E-state index >= 15 is 0 Å². The number of ether oxygens (including phenoxy) is 1. The van der Waals surface area contributed by atoms with Crippen LogP contribution in [0.5, 0.6) is 5.75 Å². The molecule has 0 radical (unpaired) electrons. The lowest BCUT2D eigenvalue weighted by atomic mass is 10.1. The Morgan fingerprint density at radius 3 is 2.55 bits per heavy atom. The molecular weight excluding hydrogens is 410 g/mol. The first-order valence-electron chi connectivity index (χ1n) is 10.7. The largest absolute Gasteiger partial charge is 0.494 e.